The maximum absolute atomic E-state index is 12.0. The zero-order valence-corrected chi connectivity index (χ0v) is 11.5. The van der Waals surface area contributed by atoms with Crippen molar-refractivity contribution in [3.63, 3.8) is 0 Å². The summed E-state index contributed by atoms with van der Waals surface area (Å²) in [7, 11) is 0. The lowest BCUT2D eigenvalue weighted by Crippen LogP contribution is -2.46. The predicted molar refractivity (Wildman–Crippen MR) is 69.5 cm³/mol. The van der Waals surface area contributed by atoms with E-state index >= 15 is 0 Å². The lowest BCUT2D eigenvalue weighted by Gasteiger charge is -2.35. The van der Waals surface area contributed by atoms with Gasteiger partial charge in [-0.2, -0.15) is 0 Å². The van der Waals surface area contributed by atoms with Gasteiger partial charge in [0.25, 0.3) is 0 Å². The van der Waals surface area contributed by atoms with Gasteiger partial charge in [-0.15, -0.1) is 0 Å². The fourth-order valence-corrected chi connectivity index (χ4v) is 3.01. The second kappa shape index (κ2) is 4.97. The van der Waals surface area contributed by atoms with Crippen LogP contribution in [0.15, 0.2) is 0 Å². The highest BCUT2D eigenvalue weighted by atomic mass is 16.2. The minimum absolute atomic E-state index is 0.235. The zero-order chi connectivity index (χ0) is 12.5. The van der Waals surface area contributed by atoms with Crippen molar-refractivity contribution in [1.82, 2.24) is 10.2 Å². The van der Waals surface area contributed by atoms with E-state index in [4.69, 9.17) is 0 Å². The predicted octanol–water partition coefficient (Wildman–Crippen LogP) is 2.37. The van der Waals surface area contributed by atoms with E-state index in [0.717, 1.165) is 13.0 Å². The van der Waals surface area contributed by atoms with Crippen LogP contribution in [0.5, 0.6) is 0 Å². The highest BCUT2D eigenvalue weighted by molar-refractivity contribution is 5.80. The number of hydrogen-bond donors (Lipinski definition) is 1. The zero-order valence-electron chi connectivity index (χ0n) is 11.5. The van der Waals surface area contributed by atoms with Gasteiger partial charge in [0, 0.05) is 6.54 Å². The van der Waals surface area contributed by atoms with Crippen molar-refractivity contribution in [2.45, 2.75) is 59.0 Å². The summed E-state index contributed by atoms with van der Waals surface area (Å²) in [5.74, 6) is 0.984. The summed E-state index contributed by atoms with van der Waals surface area (Å²) in [5, 5.41) is 3.42. The molecule has 0 bridgehead atoms. The number of hydrogen-bond acceptors (Lipinski definition) is 2. The molecule has 3 heteroatoms. The van der Waals surface area contributed by atoms with Crippen LogP contribution < -0.4 is 5.32 Å². The van der Waals surface area contributed by atoms with Crippen molar-refractivity contribution in [3.8, 4) is 0 Å². The first-order valence-corrected chi connectivity index (χ1v) is 7.06. The lowest BCUT2D eigenvalue weighted by molar-refractivity contribution is -0.130. The first-order chi connectivity index (χ1) is 8.03. The van der Waals surface area contributed by atoms with E-state index in [0.29, 0.717) is 24.5 Å². The number of rotatable bonds is 4. The molecule has 1 atom stereocenters. The first kappa shape index (κ1) is 12.9. The van der Waals surface area contributed by atoms with Gasteiger partial charge in [0.05, 0.1) is 12.7 Å². The maximum atomic E-state index is 12.0. The minimum Gasteiger partial charge on any atom is -0.325 e. The molecule has 0 radical (unpaired) electrons. The van der Waals surface area contributed by atoms with Crippen LogP contribution in [0.25, 0.3) is 0 Å². The molecule has 1 unspecified atom stereocenters. The Morgan fingerprint density at radius 3 is 2.59 bits per heavy atom. The molecule has 0 aromatic rings. The van der Waals surface area contributed by atoms with Crippen LogP contribution in [0.1, 0.15) is 52.9 Å². The van der Waals surface area contributed by atoms with Crippen molar-refractivity contribution in [3.05, 3.63) is 0 Å². The Balaban J connectivity index is 2.03. The van der Waals surface area contributed by atoms with Crippen LogP contribution in [-0.2, 0) is 4.79 Å². The molecule has 2 fully saturated rings. The molecule has 2 aliphatic rings. The van der Waals surface area contributed by atoms with Gasteiger partial charge in [-0.3, -0.25) is 10.1 Å². The third-order valence-electron chi connectivity index (χ3n) is 4.52. The number of amides is 1. The molecule has 1 aliphatic heterocycles. The quantitative estimate of drug-likeness (QED) is 0.815. The first-order valence-electron chi connectivity index (χ1n) is 7.06. The molecule has 1 saturated heterocycles. The molecule has 1 heterocycles. The molecule has 1 aliphatic carbocycles. The SMILES string of the molecule is CCC(C)(C)CN1C(=O)CNC1C1CCCC1. The summed E-state index contributed by atoms with van der Waals surface area (Å²) in [4.78, 5) is 14.1. The smallest absolute Gasteiger partial charge is 0.237 e. The average molecular weight is 238 g/mol. The van der Waals surface area contributed by atoms with Crippen LogP contribution in [0.3, 0.4) is 0 Å². The van der Waals surface area contributed by atoms with Gasteiger partial charge in [0.1, 0.15) is 0 Å². The number of carbonyl (C=O) groups excluding carboxylic acids is 1. The third-order valence-corrected chi connectivity index (χ3v) is 4.52. The van der Waals surface area contributed by atoms with E-state index in [1.807, 2.05) is 0 Å². The topological polar surface area (TPSA) is 32.3 Å². The van der Waals surface area contributed by atoms with Gasteiger partial charge in [-0.25, -0.2) is 0 Å². The third kappa shape index (κ3) is 2.82. The summed E-state index contributed by atoms with van der Waals surface area (Å²) < 4.78 is 0. The van der Waals surface area contributed by atoms with Gasteiger partial charge >= 0.3 is 0 Å². The fourth-order valence-electron chi connectivity index (χ4n) is 3.01. The Kier molecular flexibility index (Phi) is 3.76. The molecule has 3 nitrogen and oxygen atoms in total. The Morgan fingerprint density at radius 2 is 2.00 bits per heavy atom. The van der Waals surface area contributed by atoms with E-state index in [-0.39, 0.29) is 5.41 Å². The molecule has 0 aromatic heterocycles. The minimum atomic E-state index is 0.235. The molecule has 0 aromatic carbocycles. The van der Waals surface area contributed by atoms with Gasteiger partial charge in [-0.1, -0.05) is 33.6 Å². The number of nitrogens with zero attached hydrogens (tertiary/aromatic N) is 1. The molecule has 17 heavy (non-hydrogen) atoms. The van der Waals surface area contributed by atoms with Crippen LogP contribution in [0.4, 0.5) is 0 Å². The van der Waals surface area contributed by atoms with Gasteiger partial charge in [-0.05, 0) is 30.6 Å². The van der Waals surface area contributed by atoms with Crippen molar-refractivity contribution in [1.29, 1.82) is 0 Å². The Labute approximate surface area is 105 Å². The second-order valence-electron chi connectivity index (χ2n) is 6.41. The number of nitrogens with one attached hydrogen (secondary N) is 1. The standard InChI is InChI=1S/C14H26N2O/c1-4-14(2,3)10-16-12(17)9-15-13(16)11-7-5-6-8-11/h11,13,15H,4-10H2,1-3H3. The van der Waals surface area contributed by atoms with Gasteiger partial charge in [0.2, 0.25) is 5.91 Å². The monoisotopic (exact) mass is 238 g/mol. The second-order valence-corrected chi connectivity index (χ2v) is 6.41. The molecular formula is C14H26N2O. The van der Waals surface area contributed by atoms with Crippen LogP contribution in [0, 0.1) is 11.3 Å². The number of carbonyl (C=O) groups is 1. The Morgan fingerprint density at radius 1 is 1.35 bits per heavy atom. The average Bonchev–Trinajstić information content (AvgIpc) is 2.90. The van der Waals surface area contributed by atoms with E-state index in [2.05, 4.69) is 31.0 Å². The Hall–Kier alpha value is -0.570. The summed E-state index contributed by atoms with van der Waals surface area (Å²) in [5.41, 5.74) is 0.235. The van der Waals surface area contributed by atoms with E-state index in [1.165, 1.54) is 25.7 Å². The summed E-state index contributed by atoms with van der Waals surface area (Å²) in [6, 6.07) is 0. The molecule has 1 saturated carbocycles. The highest BCUT2D eigenvalue weighted by Gasteiger charge is 2.39. The van der Waals surface area contributed by atoms with Gasteiger partial charge < -0.3 is 4.90 Å². The van der Waals surface area contributed by atoms with Crippen molar-refractivity contribution in [2.75, 3.05) is 13.1 Å². The molecule has 1 N–H and O–H groups in total. The van der Waals surface area contributed by atoms with Crippen molar-refractivity contribution < 1.29 is 4.79 Å². The largest absolute Gasteiger partial charge is 0.325 e. The highest BCUT2D eigenvalue weighted by Crippen LogP contribution is 2.33. The Bertz CT molecular complexity index is 282. The van der Waals surface area contributed by atoms with Crippen LogP contribution in [-0.4, -0.2) is 30.1 Å². The van der Waals surface area contributed by atoms with E-state index in [1.54, 1.807) is 0 Å². The van der Waals surface area contributed by atoms with Gasteiger partial charge in [0.15, 0.2) is 0 Å². The molecule has 0 spiro atoms. The van der Waals surface area contributed by atoms with Crippen LogP contribution >= 0.6 is 0 Å². The molecular weight excluding hydrogens is 212 g/mol. The summed E-state index contributed by atoms with van der Waals surface area (Å²) >= 11 is 0. The van der Waals surface area contributed by atoms with E-state index < -0.39 is 0 Å². The molecule has 1 amide bonds. The summed E-state index contributed by atoms with van der Waals surface area (Å²) in [6.45, 7) is 8.16. The lowest BCUT2D eigenvalue weighted by atomic mass is 9.89. The van der Waals surface area contributed by atoms with Crippen LogP contribution in [0.2, 0.25) is 0 Å². The molecule has 98 valence electrons. The van der Waals surface area contributed by atoms with Crippen molar-refractivity contribution in [2.24, 2.45) is 11.3 Å². The molecule has 2 rings (SSSR count). The maximum Gasteiger partial charge on any atom is 0.237 e. The normalized spacial score (nSPS) is 27.1. The van der Waals surface area contributed by atoms with Crippen molar-refractivity contribution >= 4 is 5.91 Å². The fraction of sp³-hybridized carbons (Fsp3) is 0.929. The van der Waals surface area contributed by atoms with E-state index in [9.17, 15) is 4.79 Å². The summed E-state index contributed by atoms with van der Waals surface area (Å²) in [6.07, 6.45) is 6.68.